The predicted octanol–water partition coefficient (Wildman–Crippen LogP) is 3.61. The summed E-state index contributed by atoms with van der Waals surface area (Å²) in [4.78, 5) is 6.88. The first-order valence-electron chi connectivity index (χ1n) is 8.56. The SMILES string of the molecule is Cc1nc2cc(-c3ccco3)nn2c(NCC(C)(C)CN(C)C)c1C. The highest BCUT2D eigenvalue weighted by Crippen LogP contribution is 2.26. The number of rotatable bonds is 6. The Morgan fingerprint density at radius 3 is 2.68 bits per heavy atom. The first kappa shape index (κ1) is 17.5. The highest BCUT2D eigenvalue weighted by Gasteiger charge is 2.21. The highest BCUT2D eigenvalue weighted by molar-refractivity contribution is 5.63. The molecule has 0 unspecified atom stereocenters. The normalized spacial score (nSPS) is 12.3. The number of nitrogens with one attached hydrogen (secondary N) is 1. The molecule has 0 fully saturated rings. The van der Waals surface area contributed by atoms with E-state index in [9.17, 15) is 0 Å². The van der Waals surface area contributed by atoms with E-state index in [1.807, 2.05) is 29.6 Å². The molecular formula is C19H27N5O. The van der Waals surface area contributed by atoms with Gasteiger partial charge in [-0.1, -0.05) is 13.8 Å². The Kier molecular flexibility index (Phi) is 4.56. The van der Waals surface area contributed by atoms with Crippen LogP contribution in [0.15, 0.2) is 28.9 Å². The lowest BCUT2D eigenvalue weighted by Gasteiger charge is -2.29. The van der Waals surface area contributed by atoms with Gasteiger partial charge in [-0.25, -0.2) is 4.98 Å². The molecule has 3 rings (SSSR count). The van der Waals surface area contributed by atoms with Gasteiger partial charge in [0, 0.05) is 30.4 Å². The Hall–Kier alpha value is -2.34. The van der Waals surface area contributed by atoms with Gasteiger partial charge in [0.15, 0.2) is 11.4 Å². The average molecular weight is 341 g/mol. The van der Waals surface area contributed by atoms with Crippen LogP contribution in [0.3, 0.4) is 0 Å². The van der Waals surface area contributed by atoms with Gasteiger partial charge in [0.2, 0.25) is 0 Å². The van der Waals surface area contributed by atoms with Crippen molar-refractivity contribution in [1.82, 2.24) is 19.5 Å². The molecule has 0 spiro atoms. The van der Waals surface area contributed by atoms with E-state index in [0.717, 1.165) is 47.3 Å². The monoisotopic (exact) mass is 341 g/mol. The molecule has 0 saturated carbocycles. The molecule has 0 atom stereocenters. The van der Waals surface area contributed by atoms with Crippen LogP contribution in [-0.4, -0.2) is 46.7 Å². The summed E-state index contributed by atoms with van der Waals surface area (Å²) in [5, 5.41) is 8.31. The van der Waals surface area contributed by atoms with Crippen LogP contribution < -0.4 is 5.32 Å². The Morgan fingerprint density at radius 2 is 2.04 bits per heavy atom. The van der Waals surface area contributed by atoms with Gasteiger partial charge in [-0.3, -0.25) is 0 Å². The zero-order valence-electron chi connectivity index (χ0n) is 15.9. The minimum Gasteiger partial charge on any atom is -0.463 e. The van der Waals surface area contributed by atoms with Gasteiger partial charge in [-0.15, -0.1) is 0 Å². The van der Waals surface area contributed by atoms with E-state index < -0.39 is 0 Å². The van der Waals surface area contributed by atoms with Crippen LogP contribution in [0.4, 0.5) is 5.82 Å². The summed E-state index contributed by atoms with van der Waals surface area (Å²) in [6, 6.07) is 5.74. The molecule has 3 heterocycles. The van der Waals surface area contributed by atoms with E-state index in [-0.39, 0.29) is 5.41 Å². The fourth-order valence-corrected chi connectivity index (χ4v) is 3.19. The summed E-state index contributed by atoms with van der Waals surface area (Å²) >= 11 is 0. The molecule has 1 N–H and O–H groups in total. The maximum absolute atomic E-state index is 5.48. The van der Waals surface area contributed by atoms with Gasteiger partial charge in [-0.05, 0) is 45.5 Å². The van der Waals surface area contributed by atoms with E-state index in [0.29, 0.717) is 0 Å². The average Bonchev–Trinajstić information content (AvgIpc) is 3.14. The molecule has 0 saturated heterocycles. The smallest absolute Gasteiger partial charge is 0.158 e. The van der Waals surface area contributed by atoms with Crippen molar-refractivity contribution in [1.29, 1.82) is 0 Å². The van der Waals surface area contributed by atoms with E-state index in [2.05, 4.69) is 50.1 Å². The summed E-state index contributed by atoms with van der Waals surface area (Å²) in [7, 11) is 4.20. The summed E-state index contributed by atoms with van der Waals surface area (Å²) < 4.78 is 7.36. The van der Waals surface area contributed by atoms with Crippen molar-refractivity contribution in [2.45, 2.75) is 27.7 Å². The van der Waals surface area contributed by atoms with Crippen molar-refractivity contribution in [2.75, 3.05) is 32.5 Å². The number of anilines is 1. The molecular weight excluding hydrogens is 314 g/mol. The fourth-order valence-electron chi connectivity index (χ4n) is 3.19. The Morgan fingerprint density at radius 1 is 1.28 bits per heavy atom. The van der Waals surface area contributed by atoms with Crippen molar-refractivity contribution in [3.8, 4) is 11.5 Å². The van der Waals surface area contributed by atoms with Crippen molar-refractivity contribution in [3.05, 3.63) is 35.7 Å². The highest BCUT2D eigenvalue weighted by atomic mass is 16.3. The molecule has 134 valence electrons. The summed E-state index contributed by atoms with van der Waals surface area (Å²) in [5.74, 6) is 1.74. The molecule has 3 aromatic heterocycles. The number of hydrogen-bond donors (Lipinski definition) is 1. The molecule has 0 bridgehead atoms. The van der Waals surface area contributed by atoms with Crippen LogP contribution >= 0.6 is 0 Å². The van der Waals surface area contributed by atoms with Crippen molar-refractivity contribution in [2.24, 2.45) is 5.41 Å². The lowest BCUT2D eigenvalue weighted by molar-refractivity contribution is 0.254. The predicted molar refractivity (Wildman–Crippen MR) is 101 cm³/mol. The first-order valence-corrected chi connectivity index (χ1v) is 8.56. The third kappa shape index (κ3) is 3.69. The fraction of sp³-hybridized carbons (Fsp3) is 0.474. The standard InChI is InChI=1S/C19H27N5O/c1-13-14(2)21-17-10-15(16-8-7-9-25-16)22-24(17)18(13)20-11-19(3,4)12-23(5)6/h7-10,20H,11-12H2,1-6H3. The van der Waals surface area contributed by atoms with Crippen molar-refractivity contribution < 1.29 is 4.42 Å². The van der Waals surface area contributed by atoms with Gasteiger partial charge in [0.25, 0.3) is 0 Å². The number of aromatic nitrogens is 3. The Labute approximate surface area is 148 Å². The lowest BCUT2D eigenvalue weighted by atomic mass is 9.93. The molecule has 6 nitrogen and oxygen atoms in total. The van der Waals surface area contributed by atoms with Crippen molar-refractivity contribution in [3.63, 3.8) is 0 Å². The maximum Gasteiger partial charge on any atom is 0.158 e. The van der Waals surface area contributed by atoms with Crippen LogP contribution in [0, 0.1) is 19.3 Å². The molecule has 0 aliphatic heterocycles. The second kappa shape index (κ2) is 6.52. The topological polar surface area (TPSA) is 58.6 Å². The zero-order valence-corrected chi connectivity index (χ0v) is 15.9. The number of fused-ring (bicyclic) bond motifs is 1. The van der Waals surface area contributed by atoms with Crippen molar-refractivity contribution >= 4 is 11.5 Å². The molecule has 25 heavy (non-hydrogen) atoms. The van der Waals surface area contributed by atoms with E-state index in [1.165, 1.54) is 0 Å². The van der Waals surface area contributed by atoms with Gasteiger partial charge in [0.1, 0.15) is 11.5 Å². The molecule has 0 aliphatic carbocycles. The van der Waals surface area contributed by atoms with Crippen LogP contribution in [0.5, 0.6) is 0 Å². The third-order valence-corrected chi connectivity index (χ3v) is 4.33. The summed E-state index contributed by atoms with van der Waals surface area (Å²) in [5.41, 5.74) is 3.87. The molecule has 0 aliphatic rings. The molecule has 0 aromatic carbocycles. The lowest BCUT2D eigenvalue weighted by Crippen LogP contribution is -2.35. The van der Waals surface area contributed by atoms with E-state index in [1.54, 1.807) is 6.26 Å². The Bertz CT molecular complexity index is 862. The third-order valence-electron chi connectivity index (χ3n) is 4.33. The van der Waals surface area contributed by atoms with E-state index >= 15 is 0 Å². The summed E-state index contributed by atoms with van der Waals surface area (Å²) in [6.07, 6.45) is 1.66. The number of aryl methyl sites for hydroxylation is 1. The van der Waals surface area contributed by atoms with Crippen LogP contribution in [-0.2, 0) is 0 Å². The number of furan rings is 1. The van der Waals surface area contributed by atoms with Gasteiger partial charge < -0.3 is 14.6 Å². The quantitative estimate of drug-likeness (QED) is 0.742. The molecule has 0 radical (unpaired) electrons. The minimum atomic E-state index is 0.135. The zero-order chi connectivity index (χ0) is 18.2. The van der Waals surface area contributed by atoms with Gasteiger partial charge in [-0.2, -0.15) is 9.61 Å². The molecule has 3 aromatic rings. The second-order valence-corrected chi connectivity index (χ2v) is 7.70. The van der Waals surface area contributed by atoms with E-state index in [4.69, 9.17) is 9.52 Å². The van der Waals surface area contributed by atoms with Crippen LogP contribution in [0.25, 0.3) is 17.1 Å². The van der Waals surface area contributed by atoms with Crippen LogP contribution in [0.1, 0.15) is 25.1 Å². The number of nitrogens with zero attached hydrogens (tertiary/aromatic N) is 4. The maximum atomic E-state index is 5.48. The van der Waals surface area contributed by atoms with Gasteiger partial charge >= 0.3 is 0 Å². The molecule has 0 amide bonds. The number of hydrogen-bond acceptors (Lipinski definition) is 5. The second-order valence-electron chi connectivity index (χ2n) is 7.70. The first-order chi connectivity index (χ1) is 11.8. The van der Waals surface area contributed by atoms with Crippen LogP contribution in [0.2, 0.25) is 0 Å². The summed E-state index contributed by atoms with van der Waals surface area (Å²) in [6.45, 7) is 10.5. The Balaban J connectivity index is 1.97. The largest absolute Gasteiger partial charge is 0.463 e. The minimum absolute atomic E-state index is 0.135. The molecule has 6 heteroatoms. The van der Waals surface area contributed by atoms with Gasteiger partial charge in [0.05, 0.1) is 6.26 Å².